The molecule has 2 aromatic rings. The molecule has 1 aliphatic rings. The van der Waals surface area contributed by atoms with Gasteiger partial charge in [-0.1, -0.05) is 11.6 Å². The minimum atomic E-state index is -0.498. The van der Waals surface area contributed by atoms with Crippen LogP contribution in [0.1, 0.15) is 15.9 Å². The fourth-order valence-corrected chi connectivity index (χ4v) is 2.70. The van der Waals surface area contributed by atoms with Crippen LogP contribution < -0.4 is 9.47 Å². The van der Waals surface area contributed by atoms with E-state index in [1.807, 2.05) is 0 Å². The predicted molar refractivity (Wildman–Crippen MR) is 91.3 cm³/mol. The second-order valence-electron chi connectivity index (χ2n) is 5.55. The van der Waals surface area contributed by atoms with Gasteiger partial charge in [0.1, 0.15) is 13.2 Å². The molecule has 0 aliphatic carbocycles. The number of non-ortho nitro benzene ring substituents is 1. The van der Waals surface area contributed by atoms with Gasteiger partial charge in [0.05, 0.1) is 4.92 Å². The van der Waals surface area contributed by atoms with Gasteiger partial charge in [-0.15, -0.1) is 0 Å². The highest BCUT2D eigenvalue weighted by Crippen LogP contribution is 2.31. The summed E-state index contributed by atoms with van der Waals surface area (Å²) < 4.78 is 10.9. The molecule has 0 unspecified atom stereocenters. The Morgan fingerprint density at radius 1 is 1.20 bits per heavy atom. The molecular formula is C17H15ClN2O5. The van der Waals surface area contributed by atoms with Crippen LogP contribution in [0, 0.1) is 10.1 Å². The zero-order chi connectivity index (χ0) is 18.0. The molecule has 0 N–H and O–H groups in total. The van der Waals surface area contributed by atoms with E-state index in [2.05, 4.69) is 0 Å². The second kappa shape index (κ2) is 6.98. The SMILES string of the molecule is CN(Cc1cc([N+](=O)[O-])ccc1Cl)C(=O)c1ccc2c(c1)OCCO2. The maximum atomic E-state index is 12.6. The Morgan fingerprint density at radius 2 is 1.92 bits per heavy atom. The first kappa shape index (κ1) is 17.0. The number of hydrogen-bond acceptors (Lipinski definition) is 5. The minimum absolute atomic E-state index is 0.0698. The lowest BCUT2D eigenvalue weighted by Gasteiger charge is -2.21. The van der Waals surface area contributed by atoms with Crippen LogP contribution in [0.2, 0.25) is 5.02 Å². The van der Waals surface area contributed by atoms with E-state index in [-0.39, 0.29) is 18.1 Å². The third-order valence-corrected chi connectivity index (χ3v) is 4.15. The van der Waals surface area contributed by atoms with Crippen molar-refractivity contribution in [2.75, 3.05) is 20.3 Å². The Hall–Kier alpha value is -2.80. The number of carbonyl (C=O) groups is 1. The zero-order valence-electron chi connectivity index (χ0n) is 13.4. The number of carbonyl (C=O) groups excluding carboxylic acids is 1. The number of benzene rings is 2. The molecule has 1 amide bonds. The first-order valence-corrected chi connectivity index (χ1v) is 7.91. The van der Waals surface area contributed by atoms with Gasteiger partial charge in [-0.3, -0.25) is 14.9 Å². The van der Waals surface area contributed by atoms with Gasteiger partial charge in [0.2, 0.25) is 0 Å². The molecule has 0 bridgehead atoms. The van der Waals surface area contributed by atoms with E-state index in [1.54, 1.807) is 25.2 Å². The van der Waals surface area contributed by atoms with Crippen molar-refractivity contribution in [3.63, 3.8) is 0 Å². The topological polar surface area (TPSA) is 81.9 Å². The summed E-state index contributed by atoms with van der Waals surface area (Å²) in [6.45, 7) is 1.06. The van der Waals surface area contributed by atoms with Crippen molar-refractivity contribution < 1.29 is 19.2 Å². The molecule has 0 atom stereocenters. The van der Waals surface area contributed by atoms with Crippen LogP contribution in [-0.2, 0) is 6.54 Å². The van der Waals surface area contributed by atoms with Crippen molar-refractivity contribution in [3.05, 3.63) is 62.7 Å². The highest BCUT2D eigenvalue weighted by molar-refractivity contribution is 6.31. The summed E-state index contributed by atoms with van der Waals surface area (Å²) in [5.74, 6) is 0.880. The third kappa shape index (κ3) is 3.66. The number of ether oxygens (including phenoxy) is 2. The molecule has 0 spiro atoms. The van der Waals surface area contributed by atoms with Crippen molar-refractivity contribution in [2.24, 2.45) is 0 Å². The number of nitro groups is 1. The van der Waals surface area contributed by atoms with Gasteiger partial charge in [-0.05, 0) is 29.8 Å². The molecule has 0 saturated heterocycles. The second-order valence-corrected chi connectivity index (χ2v) is 5.96. The van der Waals surface area contributed by atoms with Gasteiger partial charge >= 0.3 is 0 Å². The van der Waals surface area contributed by atoms with Crippen LogP contribution in [0.4, 0.5) is 5.69 Å². The van der Waals surface area contributed by atoms with Crippen LogP contribution in [-0.4, -0.2) is 36.0 Å². The maximum absolute atomic E-state index is 12.6. The Bertz CT molecular complexity index is 840. The summed E-state index contributed by atoms with van der Waals surface area (Å²) >= 11 is 6.09. The van der Waals surface area contributed by atoms with Gasteiger partial charge in [0.25, 0.3) is 11.6 Å². The van der Waals surface area contributed by atoms with Crippen LogP contribution >= 0.6 is 11.6 Å². The van der Waals surface area contributed by atoms with Gasteiger partial charge in [-0.2, -0.15) is 0 Å². The number of fused-ring (bicyclic) bond motifs is 1. The molecule has 0 saturated carbocycles. The summed E-state index contributed by atoms with van der Waals surface area (Å²) in [4.78, 5) is 24.5. The summed E-state index contributed by atoms with van der Waals surface area (Å²) in [6.07, 6.45) is 0. The summed E-state index contributed by atoms with van der Waals surface area (Å²) in [6, 6.07) is 9.13. The molecular weight excluding hydrogens is 348 g/mol. The molecule has 130 valence electrons. The largest absolute Gasteiger partial charge is 0.486 e. The van der Waals surface area contributed by atoms with Crippen LogP contribution in [0.3, 0.4) is 0 Å². The van der Waals surface area contributed by atoms with Crippen LogP contribution in [0.5, 0.6) is 11.5 Å². The average Bonchev–Trinajstić information content (AvgIpc) is 2.62. The quantitative estimate of drug-likeness (QED) is 0.615. The molecule has 2 aromatic carbocycles. The van der Waals surface area contributed by atoms with Crippen molar-refractivity contribution in [1.29, 1.82) is 0 Å². The molecule has 3 rings (SSSR count). The van der Waals surface area contributed by atoms with E-state index in [4.69, 9.17) is 21.1 Å². The first-order chi connectivity index (χ1) is 12.0. The van der Waals surface area contributed by atoms with Crippen molar-refractivity contribution in [1.82, 2.24) is 4.90 Å². The average molecular weight is 363 g/mol. The maximum Gasteiger partial charge on any atom is 0.269 e. The first-order valence-electron chi connectivity index (χ1n) is 7.53. The molecule has 8 heteroatoms. The standard InChI is InChI=1S/C17H15ClN2O5/c1-19(10-12-8-13(20(22)23)3-4-14(12)18)17(21)11-2-5-15-16(9-11)25-7-6-24-15/h2-5,8-9H,6-7,10H2,1H3. The number of halogens is 1. The molecule has 1 heterocycles. The smallest absolute Gasteiger partial charge is 0.269 e. The molecule has 1 aliphatic heterocycles. The van der Waals surface area contributed by atoms with Crippen molar-refractivity contribution in [2.45, 2.75) is 6.54 Å². The highest BCUT2D eigenvalue weighted by atomic mass is 35.5. The van der Waals surface area contributed by atoms with Crippen molar-refractivity contribution >= 4 is 23.2 Å². The Kier molecular flexibility index (Phi) is 4.76. The fourth-order valence-electron chi connectivity index (χ4n) is 2.52. The minimum Gasteiger partial charge on any atom is -0.486 e. The van der Waals surface area contributed by atoms with Gasteiger partial charge in [0, 0.05) is 36.3 Å². The molecule has 0 radical (unpaired) electrons. The van der Waals surface area contributed by atoms with Crippen molar-refractivity contribution in [3.8, 4) is 11.5 Å². The highest BCUT2D eigenvalue weighted by Gasteiger charge is 2.19. The predicted octanol–water partition coefficient (Wildman–Crippen LogP) is 3.29. The summed E-state index contributed by atoms with van der Waals surface area (Å²) in [5, 5.41) is 11.3. The van der Waals surface area contributed by atoms with E-state index < -0.39 is 4.92 Å². The van der Waals surface area contributed by atoms with E-state index in [9.17, 15) is 14.9 Å². The number of rotatable bonds is 4. The van der Waals surface area contributed by atoms with Gasteiger partial charge in [0.15, 0.2) is 11.5 Å². The molecule has 25 heavy (non-hydrogen) atoms. The molecule has 0 aromatic heterocycles. The molecule has 0 fully saturated rings. The number of amides is 1. The lowest BCUT2D eigenvalue weighted by molar-refractivity contribution is -0.384. The van der Waals surface area contributed by atoms with Crippen LogP contribution in [0.15, 0.2) is 36.4 Å². The Balaban J connectivity index is 1.79. The number of nitrogens with zero attached hydrogens (tertiary/aromatic N) is 2. The van der Waals surface area contributed by atoms with Gasteiger partial charge < -0.3 is 14.4 Å². The molecule has 7 nitrogen and oxygen atoms in total. The van der Waals surface area contributed by atoms with E-state index in [1.165, 1.54) is 23.1 Å². The van der Waals surface area contributed by atoms with E-state index >= 15 is 0 Å². The normalized spacial score (nSPS) is 12.6. The Morgan fingerprint density at radius 3 is 2.64 bits per heavy atom. The van der Waals surface area contributed by atoms with E-state index in [0.29, 0.717) is 40.9 Å². The summed E-state index contributed by atoms with van der Waals surface area (Å²) in [5.41, 5.74) is 0.872. The number of hydrogen-bond donors (Lipinski definition) is 0. The Labute approximate surface area is 148 Å². The lowest BCUT2D eigenvalue weighted by Crippen LogP contribution is -2.26. The van der Waals surface area contributed by atoms with E-state index in [0.717, 1.165) is 0 Å². The number of nitro benzene ring substituents is 1. The van der Waals surface area contributed by atoms with Gasteiger partial charge in [-0.25, -0.2) is 0 Å². The third-order valence-electron chi connectivity index (χ3n) is 3.78. The monoisotopic (exact) mass is 362 g/mol. The summed E-state index contributed by atoms with van der Waals surface area (Å²) in [7, 11) is 1.61. The fraction of sp³-hybridized carbons (Fsp3) is 0.235. The van der Waals surface area contributed by atoms with Crippen LogP contribution in [0.25, 0.3) is 0 Å². The zero-order valence-corrected chi connectivity index (χ0v) is 14.2. The lowest BCUT2D eigenvalue weighted by atomic mass is 10.1.